The summed E-state index contributed by atoms with van der Waals surface area (Å²) < 4.78 is 14.2. The van der Waals surface area contributed by atoms with Crippen LogP contribution in [0.3, 0.4) is 0 Å². The largest absolute Gasteiger partial charge is 0.370 e. The van der Waals surface area contributed by atoms with Crippen molar-refractivity contribution in [3.05, 3.63) is 56.7 Å². The van der Waals surface area contributed by atoms with Gasteiger partial charge in [0.2, 0.25) is 5.82 Å². The first-order valence-corrected chi connectivity index (χ1v) is 5.78. The van der Waals surface area contributed by atoms with Crippen LogP contribution in [0.4, 0.5) is 10.2 Å². The molecule has 0 aromatic carbocycles. The molecule has 6 nitrogen and oxygen atoms in total. The summed E-state index contributed by atoms with van der Waals surface area (Å²) in [7, 11) is 0. The number of hydrogen-bond donors (Lipinski definition) is 2. The molecule has 7 heteroatoms. The fourth-order valence-electron chi connectivity index (χ4n) is 1.65. The molecule has 2 N–H and O–H groups in total. The monoisotopic (exact) mass is 264 g/mol. The highest BCUT2D eigenvalue weighted by molar-refractivity contribution is 5.37. The fourth-order valence-corrected chi connectivity index (χ4v) is 1.65. The molecule has 100 valence electrons. The molecule has 0 radical (unpaired) electrons. The number of rotatable bonds is 4. The van der Waals surface area contributed by atoms with E-state index >= 15 is 0 Å². The molecule has 0 amide bonds. The van der Waals surface area contributed by atoms with Crippen molar-refractivity contribution in [1.82, 2.24) is 14.5 Å². The van der Waals surface area contributed by atoms with Crippen LogP contribution in [-0.4, -0.2) is 21.1 Å². The lowest BCUT2D eigenvalue weighted by Crippen LogP contribution is -2.31. The second-order valence-corrected chi connectivity index (χ2v) is 3.94. The van der Waals surface area contributed by atoms with Crippen molar-refractivity contribution in [2.75, 3.05) is 11.9 Å². The highest BCUT2D eigenvalue weighted by atomic mass is 19.1. The zero-order chi connectivity index (χ0) is 13.8. The summed E-state index contributed by atoms with van der Waals surface area (Å²) in [5.74, 6) is -0.307. The minimum absolute atomic E-state index is 0.160. The van der Waals surface area contributed by atoms with Gasteiger partial charge in [-0.25, -0.2) is 9.78 Å². The van der Waals surface area contributed by atoms with Crippen LogP contribution in [0.1, 0.15) is 12.5 Å². The lowest BCUT2D eigenvalue weighted by atomic mass is 10.2. The summed E-state index contributed by atoms with van der Waals surface area (Å²) >= 11 is 0. The summed E-state index contributed by atoms with van der Waals surface area (Å²) in [6, 6.07) is 3.48. The van der Waals surface area contributed by atoms with E-state index in [-0.39, 0.29) is 6.54 Å². The van der Waals surface area contributed by atoms with Crippen LogP contribution < -0.4 is 16.6 Å². The van der Waals surface area contributed by atoms with Gasteiger partial charge >= 0.3 is 5.69 Å². The van der Waals surface area contributed by atoms with Crippen LogP contribution in [0.2, 0.25) is 0 Å². The molecule has 0 atom stereocenters. The molecule has 0 aliphatic rings. The minimum atomic E-state index is -1.01. The Balaban J connectivity index is 2.31. The van der Waals surface area contributed by atoms with Crippen molar-refractivity contribution < 1.29 is 4.39 Å². The van der Waals surface area contributed by atoms with Crippen LogP contribution in [0.15, 0.2) is 34.1 Å². The highest BCUT2D eigenvalue weighted by Crippen LogP contribution is 2.07. The molecule has 0 aliphatic heterocycles. The lowest BCUT2D eigenvalue weighted by Gasteiger charge is -2.07. The van der Waals surface area contributed by atoms with Gasteiger partial charge in [-0.05, 0) is 24.6 Å². The molecule has 0 aliphatic carbocycles. The predicted molar refractivity (Wildman–Crippen MR) is 68.8 cm³/mol. The maximum atomic E-state index is 13.1. The van der Waals surface area contributed by atoms with E-state index in [9.17, 15) is 14.0 Å². The van der Waals surface area contributed by atoms with E-state index in [1.54, 1.807) is 18.3 Å². The number of nitrogens with zero attached hydrogens (tertiary/aromatic N) is 2. The second-order valence-electron chi connectivity index (χ2n) is 3.94. The molecule has 2 aromatic rings. The van der Waals surface area contributed by atoms with E-state index in [1.807, 2.05) is 11.9 Å². The van der Waals surface area contributed by atoms with Gasteiger partial charge in [-0.3, -0.25) is 14.3 Å². The molecule has 0 spiro atoms. The summed E-state index contributed by atoms with van der Waals surface area (Å²) in [6.07, 6.45) is 2.49. The number of aromatic nitrogens is 3. The normalized spacial score (nSPS) is 10.4. The third-order valence-electron chi connectivity index (χ3n) is 2.50. The average molecular weight is 264 g/mol. The molecular formula is C12H13FN4O2. The number of halogens is 1. The fraction of sp³-hybridized carbons (Fsp3) is 0.250. The highest BCUT2D eigenvalue weighted by Gasteiger charge is 2.05. The second kappa shape index (κ2) is 5.47. The molecule has 2 aromatic heterocycles. The summed E-state index contributed by atoms with van der Waals surface area (Å²) in [6.45, 7) is 2.83. The van der Waals surface area contributed by atoms with Gasteiger partial charge in [0.25, 0.3) is 5.56 Å². The smallest absolute Gasteiger partial charge is 0.328 e. The van der Waals surface area contributed by atoms with Crippen LogP contribution in [0.5, 0.6) is 0 Å². The van der Waals surface area contributed by atoms with E-state index in [0.717, 1.165) is 22.9 Å². The molecule has 0 bridgehead atoms. The van der Waals surface area contributed by atoms with Gasteiger partial charge in [0.1, 0.15) is 5.82 Å². The maximum Gasteiger partial charge on any atom is 0.328 e. The summed E-state index contributed by atoms with van der Waals surface area (Å²) in [5, 5.41) is 3.04. The Morgan fingerprint density at radius 3 is 3.00 bits per heavy atom. The standard InChI is InChI=1S/C12H13FN4O2/c1-2-14-10-5-8(3-4-15-10)6-17-7-9(13)11(18)16-12(17)19/h3-5,7H,2,6H2,1H3,(H,14,15)(H,16,18,19). The van der Waals surface area contributed by atoms with Crippen LogP contribution in [0, 0.1) is 5.82 Å². The molecule has 2 rings (SSSR count). The maximum absolute atomic E-state index is 13.1. The SMILES string of the molecule is CCNc1cc(Cn2cc(F)c(=O)[nH]c2=O)ccn1. The van der Waals surface area contributed by atoms with Crippen molar-refractivity contribution in [3.8, 4) is 0 Å². The van der Waals surface area contributed by atoms with Gasteiger partial charge in [-0.15, -0.1) is 0 Å². The Hall–Kier alpha value is -2.44. The van der Waals surface area contributed by atoms with Crippen molar-refractivity contribution in [2.45, 2.75) is 13.5 Å². The van der Waals surface area contributed by atoms with Crippen LogP contribution in [-0.2, 0) is 6.54 Å². The minimum Gasteiger partial charge on any atom is -0.370 e. The van der Waals surface area contributed by atoms with E-state index in [1.165, 1.54) is 0 Å². The van der Waals surface area contributed by atoms with Gasteiger partial charge in [0, 0.05) is 12.7 Å². The molecule has 2 heterocycles. The Morgan fingerprint density at radius 2 is 2.26 bits per heavy atom. The van der Waals surface area contributed by atoms with E-state index in [4.69, 9.17) is 0 Å². The van der Waals surface area contributed by atoms with Gasteiger partial charge in [-0.2, -0.15) is 4.39 Å². The first-order chi connectivity index (χ1) is 9.10. The molecule has 0 saturated carbocycles. The van der Waals surface area contributed by atoms with Crippen LogP contribution >= 0.6 is 0 Å². The van der Waals surface area contributed by atoms with Crippen LogP contribution in [0.25, 0.3) is 0 Å². The van der Waals surface area contributed by atoms with Crippen molar-refractivity contribution in [2.24, 2.45) is 0 Å². The van der Waals surface area contributed by atoms with Crippen molar-refractivity contribution >= 4 is 5.82 Å². The number of anilines is 1. The van der Waals surface area contributed by atoms with Crippen molar-refractivity contribution in [1.29, 1.82) is 0 Å². The van der Waals surface area contributed by atoms with E-state index in [0.29, 0.717) is 5.82 Å². The number of pyridine rings is 1. The number of hydrogen-bond acceptors (Lipinski definition) is 4. The van der Waals surface area contributed by atoms with Gasteiger partial charge in [0.15, 0.2) is 0 Å². The topological polar surface area (TPSA) is 79.8 Å². The Labute approximate surface area is 107 Å². The Kier molecular flexibility index (Phi) is 3.74. The third kappa shape index (κ3) is 3.06. The zero-order valence-electron chi connectivity index (χ0n) is 10.3. The van der Waals surface area contributed by atoms with Crippen molar-refractivity contribution in [3.63, 3.8) is 0 Å². The summed E-state index contributed by atoms with van der Waals surface area (Å²) in [5.41, 5.74) is -0.878. The number of nitrogens with one attached hydrogen (secondary N) is 2. The lowest BCUT2D eigenvalue weighted by molar-refractivity contribution is 0.566. The molecule has 19 heavy (non-hydrogen) atoms. The Bertz CT molecular complexity index is 693. The zero-order valence-corrected chi connectivity index (χ0v) is 10.3. The number of aromatic amines is 1. The molecular weight excluding hydrogens is 251 g/mol. The number of H-pyrrole nitrogens is 1. The first kappa shape index (κ1) is 13.0. The third-order valence-corrected chi connectivity index (χ3v) is 2.50. The average Bonchev–Trinajstić information content (AvgIpc) is 2.37. The van der Waals surface area contributed by atoms with Gasteiger partial charge in [0.05, 0.1) is 12.7 Å². The quantitative estimate of drug-likeness (QED) is 0.845. The van der Waals surface area contributed by atoms with E-state index < -0.39 is 17.1 Å². The molecule has 0 fully saturated rings. The molecule has 0 saturated heterocycles. The van der Waals surface area contributed by atoms with Gasteiger partial charge < -0.3 is 5.32 Å². The first-order valence-electron chi connectivity index (χ1n) is 5.78. The summed E-state index contributed by atoms with van der Waals surface area (Å²) in [4.78, 5) is 28.4. The Morgan fingerprint density at radius 1 is 1.47 bits per heavy atom. The van der Waals surface area contributed by atoms with Gasteiger partial charge in [-0.1, -0.05) is 0 Å². The van der Waals surface area contributed by atoms with E-state index in [2.05, 4.69) is 10.3 Å². The molecule has 0 unspecified atom stereocenters. The predicted octanol–water partition coefficient (Wildman–Crippen LogP) is 0.551.